The summed E-state index contributed by atoms with van der Waals surface area (Å²) in [6.45, 7) is 1.92. The number of rotatable bonds is 5. The lowest BCUT2D eigenvalue weighted by Crippen LogP contribution is -2.49. The Kier molecular flexibility index (Phi) is 7.60. The Morgan fingerprint density at radius 2 is 1.53 bits per heavy atom. The van der Waals surface area contributed by atoms with Crippen LogP contribution in [0.1, 0.15) is 23.2 Å². The number of alkyl halides is 2. The molecule has 2 aromatic rings. The van der Waals surface area contributed by atoms with Gasteiger partial charge >= 0.3 is 0 Å². The molecule has 196 valence electrons. The van der Waals surface area contributed by atoms with E-state index >= 15 is 0 Å². The van der Waals surface area contributed by atoms with E-state index in [0.29, 0.717) is 47.7 Å². The van der Waals surface area contributed by atoms with E-state index in [9.17, 15) is 22.0 Å². The van der Waals surface area contributed by atoms with Crippen molar-refractivity contribution < 1.29 is 26.7 Å². The first kappa shape index (κ1) is 26.8. The number of piperazine rings is 1. The fraction of sp³-hybridized carbons (Fsp3) is 0.458. The summed E-state index contributed by atoms with van der Waals surface area (Å²) in [4.78, 5) is 19.0. The van der Waals surface area contributed by atoms with Crippen LogP contribution in [0.4, 0.5) is 20.2 Å². The molecule has 0 bridgehead atoms. The van der Waals surface area contributed by atoms with Gasteiger partial charge in [0, 0.05) is 69.7 Å². The highest BCUT2D eigenvalue weighted by atomic mass is 35.5. The molecule has 0 atom stereocenters. The standard InChI is InChI=1S/C24H27Cl2F2N3O4S/c1-35-22-19(25)13-16(14-20(22)26)29-9-11-31(12-10-29)23(32)18-15-17(36(2,33)34)3-4-21(18)30-7-5-24(27,28)6-8-30/h3-4,13-15H,5-12H2,1-2H3. The monoisotopic (exact) mass is 561 g/mol. The quantitative estimate of drug-likeness (QED) is 0.531. The third kappa shape index (κ3) is 5.65. The number of benzene rings is 2. The van der Waals surface area contributed by atoms with Gasteiger partial charge in [0.25, 0.3) is 11.8 Å². The van der Waals surface area contributed by atoms with Crippen LogP contribution >= 0.6 is 23.2 Å². The van der Waals surface area contributed by atoms with Crippen molar-refractivity contribution in [3.63, 3.8) is 0 Å². The molecule has 4 rings (SSSR count). The van der Waals surface area contributed by atoms with Crippen LogP contribution in [0.5, 0.6) is 5.75 Å². The van der Waals surface area contributed by atoms with E-state index < -0.39 is 15.8 Å². The minimum Gasteiger partial charge on any atom is -0.494 e. The third-order valence-electron chi connectivity index (χ3n) is 6.58. The number of anilines is 2. The first-order chi connectivity index (χ1) is 16.9. The van der Waals surface area contributed by atoms with Gasteiger partial charge in [-0.15, -0.1) is 0 Å². The molecule has 2 fully saturated rings. The zero-order chi connectivity index (χ0) is 26.3. The fourth-order valence-corrected chi connectivity index (χ4v) is 5.81. The lowest BCUT2D eigenvalue weighted by molar-refractivity contribution is -0.0220. The van der Waals surface area contributed by atoms with E-state index in [-0.39, 0.29) is 42.3 Å². The van der Waals surface area contributed by atoms with Crippen molar-refractivity contribution in [2.45, 2.75) is 23.7 Å². The molecule has 12 heteroatoms. The molecule has 2 saturated heterocycles. The Hall–Kier alpha value is -2.30. The molecule has 0 saturated carbocycles. The van der Waals surface area contributed by atoms with Gasteiger partial charge in [0.1, 0.15) is 0 Å². The number of ether oxygens (including phenoxy) is 1. The lowest BCUT2D eigenvalue weighted by atomic mass is 10.0. The summed E-state index contributed by atoms with van der Waals surface area (Å²) in [5.74, 6) is -2.68. The summed E-state index contributed by atoms with van der Waals surface area (Å²) in [6.07, 6.45) is 0.432. The van der Waals surface area contributed by atoms with Gasteiger partial charge in [0.05, 0.1) is 27.6 Å². The van der Waals surface area contributed by atoms with Crippen molar-refractivity contribution in [1.29, 1.82) is 0 Å². The predicted octanol–water partition coefficient (Wildman–Crippen LogP) is 4.60. The molecule has 0 spiro atoms. The summed E-state index contributed by atoms with van der Waals surface area (Å²) in [7, 11) is -2.08. The van der Waals surface area contributed by atoms with Crippen LogP contribution < -0.4 is 14.5 Å². The van der Waals surface area contributed by atoms with Gasteiger partial charge in [-0.3, -0.25) is 4.79 Å². The Morgan fingerprint density at radius 1 is 0.944 bits per heavy atom. The average molecular weight is 562 g/mol. The lowest BCUT2D eigenvalue weighted by Gasteiger charge is -2.38. The summed E-state index contributed by atoms with van der Waals surface area (Å²) in [5.41, 5.74) is 1.47. The van der Waals surface area contributed by atoms with E-state index in [0.717, 1.165) is 11.9 Å². The van der Waals surface area contributed by atoms with Gasteiger partial charge in [-0.2, -0.15) is 0 Å². The molecule has 2 aromatic carbocycles. The highest BCUT2D eigenvalue weighted by Gasteiger charge is 2.36. The second-order valence-corrected chi connectivity index (χ2v) is 11.8. The molecule has 2 heterocycles. The number of piperidine rings is 1. The van der Waals surface area contributed by atoms with Crippen LogP contribution in [0.2, 0.25) is 10.0 Å². The molecule has 1 amide bonds. The second kappa shape index (κ2) is 10.2. The molecule has 36 heavy (non-hydrogen) atoms. The summed E-state index contributed by atoms with van der Waals surface area (Å²) < 4.78 is 57.0. The highest BCUT2D eigenvalue weighted by molar-refractivity contribution is 7.90. The summed E-state index contributed by atoms with van der Waals surface area (Å²) in [5, 5.41) is 0.765. The predicted molar refractivity (Wildman–Crippen MR) is 137 cm³/mol. The molecular formula is C24H27Cl2F2N3O4S. The maximum atomic E-state index is 13.7. The molecule has 0 radical (unpaired) electrons. The first-order valence-corrected chi connectivity index (χ1v) is 14.1. The number of halogens is 4. The second-order valence-electron chi connectivity index (χ2n) is 9.02. The van der Waals surface area contributed by atoms with Crippen molar-refractivity contribution in [3.05, 3.63) is 45.9 Å². The molecule has 0 unspecified atom stereocenters. The minimum atomic E-state index is -3.57. The van der Waals surface area contributed by atoms with Gasteiger partial charge in [-0.05, 0) is 30.3 Å². The SMILES string of the molecule is COc1c(Cl)cc(N2CCN(C(=O)c3cc(S(C)(=O)=O)ccc3N3CCC(F)(F)CC3)CC2)cc1Cl. The van der Waals surface area contributed by atoms with E-state index in [2.05, 4.69) is 0 Å². The Labute approximate surface area is 219 Å². The van der Waals surface area contributed by atoms with Crippen LogP contribution in [0.15, 0.2) is 35.2 Å². The largest absolute Gasteiger partial charge is 0.494 e. The number of hydrogen-bond donors (Lipinski definition) is 0. The van der Waals surface area contributed by atoms with Crippen LogP contribution in [0.3, 0.4) is 0 Å². The van der Waals surface area contributed by atoms with Gasteiger partial charge in [-0.1, -0.05) is 23.2 Å². The summed E-state index contributed by atoms with van der Waals surface area (Å²) in [6, 6.07) is 7.83. The highest BCUT2D eigenvalue weighted by Crippen LogP contribution is 2.37. The molecular weight excluding hydrogens is 535 g/mol. The van der Waals surface area contributed by atoms with Crippen molar-refractivity contribution in [3.8, 4) is 5.75 Å². The topological polar surface area (TPSA) is 70.2 Å². The first-order valence-electron chi connectivity index (χ1n) is 11.4. The van der Waals surface area contributed by atoms with Crippen LogP contribution in [-0.2, 0) is 9.84 Å². The molecule has 2 aliphatic heterocycles. The van der Waals surface area contributed by atoms with Crippen molar-refractivity contribution in [1.82, 2.24) is 4.90 Å². The third-order valence-corrected chi connectivity index (χ3v) is 8.25. The Bertz CT molecular complexity index is 1230. The number of sulfone groups is 1. The van der Waals surface area contributed by atoms with Crippen LogP contribution in [-0.4, -0.2) is 77.8 Å². The zero-order valence-electron chi connectivity index (χ0n) is 19.9. The van der Waals surface area contributed by atoms with E-state index in [4.69, 9.17) is 27.9 Å². The van der Waals surface area contributed by atoms with E-state index in [1.807, 2.05) is 4.90 Å². The van der Waals surface area contributed by atoms with Crippen molar-refractivity contribution in [2.75, 3.05) is 62.4 Å². The Morgan fingerprint density at radius 3 is 2.06 bits per heavy atom. The maximum Gasteiger partial charge on any atom is 0.256 e. The van der Waals surface area contributed by atoms with Crippen LogP contribution in [0, 0.1) is 0 Å². The van der Waals surface area contributed by atoms with Gasteiger partial charge < -0.3 is 19.4 Å². The van der Waals surface area contributed by atoms with Gasteiger partial charge in [0.2, 0.25) is 0 Å². The maximum absolute atomic E-state index is 13.7. The Balaban J connectivity index is 1.56. The number of methoxy groups -OCH3 is 1. The molecule has 0 N–H and O–H groups in total. The number of carbonyl (C=O) groups is 1. The molecule has 7 nitrogen and oxygen atoms in total. The minimum absolute atomic E-state index is 0.0121. The average Bonchev–Trinajstić information content (AvgIpc) is 2.82. The normalized spacial score (nSPS) is 18.3. The van der Waals surface area contributed by atoms with Gasteiger partial charge in [-0.25, -0.2) is 17.2 Å². The van der Waals surface area contributed by atoms with Gasteiger partial charge in [0.15, 0.2) is 15.6 Å². The van der Waals surface area contributed by atoms with E-state index in [1.54, 1.807) is 28.0 Å². The van der Waals surface area contributed by atoms with Crippen molar-refractivity contribution >= 4 is 50.3 Å². The number of hydrogen-bond acceptors (Lipinski definition) is 6. The van der Waals surface area contributed by atoms with Crippen LogP contribution in [0.25, 0.3) is 0 Å². The number of amides is 1. The zero-order valence-corrected chi connectivity index (χ0v) is 22.3. The number of carbonyl (C=O) groups excluding carboxylic acids is 1. The summed E-state index contributed by atoms with van der Waals surface area (Å²) >= 11 is 12.5. The molecule has 2 aliphatic rings. The molecule has 0 aliphatic carbocycles. The van der Waals surface area contributed by atoms with E-state index in [1.165, 1.54) is 19.2 Å². The van der Waals surface area contributed by atoms with Crippen molar-refractivity contribution in [2.24, 2.45) is 0 Å². The number of nitrogens with zero attached hydrogens (tertiary/aromatic N) is 3. The fourth-order valence-electron chi connectivity index (χ4n) is 4.53. The smallest absolute Gasteiger partial charge is 0.256 e. The molecule has 0 aromatic heterocycles.